The first-order valence-electron chi connectivity index (χ1n) is 7.15. The Hall–Kier alpha value is -1.61. The normalized spacial score (nSPS) is 21.4. The molecule has 3 rings (SSSR count). The average Bonchev–Trinajstić information content (AvgIpc) is 2.81. The fourth-order valence-electron chi connectivity index (χ4n) is 2.83. The number of allylic oxidation sites excluding steroid dienone is 1. The molecule has 2 heterocycles. The summed E-state index contributed by atoms with van der Waals surface area (Å²) in [7, 11) is 0. The lowest BCUT2D eigenvalue weighted by Gasteiger charge is -2.16. The van der Waals surface area contributed by atoms with Crippen molar-refractivity contribution in [1.82, 2.24) is 9.61 Å². The number of aromatic nitrogens is 2. The summed E-state index contributed by atoms with van der Waals surface area (Å²) in [5.74, 6) is 0. The standard InChI is InChI=1S/C16H20N2O/c19-16(13-8-4-2-1-3-5-9-13)14-12-17-18-11-7-6-10-15(14)18/h6-8,10-12,16,19H,1-5,9H2/b13-8+. The van der Waals surface area contributed by atoms with E-state index in [2.05, 4.69) is 11.2 Å². The van der Waals surface area contributed by atoms with E-state index in [0.29, 0.717) is 0 Å². The maximum Gasteiger partial charge on any atom is 0.104 e. The van der Waals surface area contributed by atoms with Crippen LogP contribution >= 0.6 is 0 Å². The molecule has 1 N–H and O–H groups in total. The largest absolute Gasteiger partial charge is 0.384 e. The lowest BCUT2D eigenvalue weighted by molar-refractivity contribution is 0.210. The lowest BCUT2D eigenvalue weighted by Crippen LogP contribution is -2.03. The maximum atomic E-state index is 10.6. The van der Waals surface area contributed by atoms with E-state index in [1.807, 2.05) is 28.9 Å². The smallest absolute Gasteiger partial charge is 0.104 e. The second kappa shape index (κ2) is 5.57. The molecule has 100 valence electrons. The van der Waals surface area contributed by atoms with Crippen LogP contribution < -0.4 is 0 Å². The fraction of sp³-hybridized carbons (Fsp3) is 0.438. The summed E-state index contributed by atoms with van der Waals surface area (Å²) in [5, 5.41) is 14.9. The second-order valence-corrected chi connectivity index (χ2v) is 5.26. The molecule has 3 heteroatoms. The number of pyridine rings is 1. The molecule has 0 amide bonds. The minimum atomic E-state index is -0.502. The minimum Gasteiger partial charge on any atom is -0.384 e. The zero-order valence-corrected chi connectivity index (χ0v) is 11.1. The van der Waals surface area contributed by atoms with Gasteiger partial charge in [-0.2, -0.15) is 5.10 Å². The third-order valence-corrected chi connectivity index (χ3v) is 3.93. The van der Waals surface area contributed by atoms with Gasteiger partial charge in [0, 0.05) is 11.8 Å². The molecule has 1 unspecified atom stereocenters. The summed E-state index contributed by atoms with van der Waals surface area (Å²) in [6.45, 7) is 0. The van der Waals surface area contributed by atoms with Crippen LogP contribution in [0.1, 0.15) is 50.2 Å². The molecule has 0 spiro atoms. The predicted molar refractivity (Wildman–Crippen MR) is 75.9 cm³/mol. The number of aliphatic hydroxyl groups excluding tert-OH is 1. The molecule has 0 aliphatic heterocycles. The van der Waals surface area contributed by atoms with Gasteiger partial charge in [0.15, 0.2) is 0 Å². The van der Waals surface area contributed by atoms with Crippen LogP contribution in [0.3, 0.4) is 0 Å². The van der Waals surface area contributed by atoms with Gasteiger partial charge in [-0.3, -0.25) is 0 Å². The molecule has 1 aliphatic carbocycles. The Morgan fingerprint density at radius 3 is 3.00 bits per heavy atom. The van der Waals surface area contributed by atoms with Gasteiger partial charge >= 0.3 is 0 Å². The van der Waals surface area contributed by atoms with Crippen molar-refractivity contribution >= 4 is 5.52 Å². The Bertz CT molecular complexity index is 585. The van der Waals surface area contributed by atoms with E-state index in [1.165, 1.54) is 31.3 Å². The Morgan fingerprint density at radius 1 is 1.16 bits per heavy atom. The molecule has 0 radical (unpaired) electrons. The molecule has 0 aromatic carbocycles. The average molecular weight is 256 g/mol. The van der Waals surface area contributed by atoms with Crippen LogP contribution in [0.2, 0.25) is 0 Å². The quantitative estimate of drug-likeness (QED) is 0.833. The van der Waals surface area contributed by atoms with Gasteiger partial charge in [0.1, 0.15) is 6.10 Å². The van der Waals surface area contributed by atoms with Crippen molar-refractivity contribution in [2.24, 2.45) is 0 Å². The molecule has 1 atom stereocenters. The van der Waals surface area contributed by atoms with Crippen molar-refractivity contribution in [3.05, 3.63) is 47.8 Å². The van der Waals surface area contributed by atoms with Gasteiger partial charge in [0.25, 0.3) is 0 Å². The van der Waals surface area contributed by atoms with E-state index in [-0.39, 0.29) is 0 Å². The summed E-state index contributed by atoms with van der Waals surface area (Å²) in [5.41, 5.74) is 3.09. The first-order valence-corrected chi connectivity index (χ1v) is 7.15. The number of hydrogen-bond donors (Lipinski definition) is 1. The monoisotopic (exact) mass is 256 g/mol. The Balaban J connectivity index is 1.92. The zero-order valence-electron chi connectivity index (χ0n) is 11.1. The van der Waals surface area contributed by atoms with Crippen LogP contribution in [0.4, 0.5) is 0 Å². The van der Waals surface area contributed by atoms with Gasteiger partial charge in [-0.15, -0.1) is 0 Å². The number of aliphatic hydroxyl groups is 1. The summed E-state index contributed by atoms with van der Waals surface area (Å²) in [6, 6.07) is 5.94. The van der Waals surface area contributed by atoms with Crippen LogP contribution in [0.5, 0.6) is 0 Å². The van der Waals surface area contributed by atoms with Crippen LogP contribution in [-0.4, -0.2) is 14.7 Å². The molecular weight excluding hydrogens is 236 g/mol. The highest BCUT2D eigenvalue weighted by atomic mass is 16.3. The Labute approximate surface area is 113 Å². The van der Waals surface area contributed by atoms with Crippen LogP contribution in [0, 0.1) is 0 Å². The van der Waals surface area contributed by atoms with E-state index in [0.717, 1.165) is 23.9 Å². The Kier molecular flexibility index (Phi) is 3.65. The maximum absolute atomic E-state index is 10.6. The molecule has 2 aromatic heterocycles. The van der Waals surface area contributed by atoms with E-state index < -0.39 is 6.10 Å². The molecule has 0 bridgehead atoms. The van der Waals surface area contributed by atoms with Gasteiger partial charge in [0.05, 0.1) is 11.7 Å². The van der Waals surface area contributed by atoms with Crippen LogP contribution in [0.25, 0.3) is 5.52 Å². The minimum absolute atomic E-state index is 0.502. The number of hydrogen-bond acceptors (Lipinski definition) is 2. The first kappa shape index (κ1) is 12.4. The topological polar surface area (TPSA) is 37.5 Å². The van der Waals surface area contributed by atoms with Crippen molar-refractivity contribution in [2.75, 3.05) is 0 Å². The van der Waals surface area contributed by atoms with Gasteiger partial charge in [0.2, 0.25) is 0 Å². The molecule has 0 saturated carbocycles. The van der Waals surface area contributed by atoms with Gasteiger partial charge in [-0.05, 0) is 43.4 Å². The van der Waals surface area contributed by atoms with Crippen LogP contribution in [0.15, 0.2) is 42.2 Å². The second-order valence-electron chi connectivity index (χ2n) is 5.26. The predicted octanol–water partition coefficient (Wildman–Crippen LogP) is 3.65. The van der Waals surface area contributed by atoms with E-state index in [4.69, 9.17) is 0 Å². The zero-order chi connectivity index (χ0) is 13.1. The summed E-state index contributed by atoms with van der Waals surface area (Å²) >= 11 is 0. The van der Waals surface area contributed by atoms with Crippen molar-refractivity contribution in [2.45, 2.75) is 44.6 Å². The molecule has 2 aromatic rings. The molecule has 19 heavy (non-hydrogen) atoms. The Morgan fingerprint density at radius 2 is 2.05 bits per heavy atom. The summed E-state index contributed by atoms with van der Waals surface area (Å²) in [6.07, 6.45) is 12.5. The molecule has 0 saturated heterocycles. The molecular formula is C16H20N2O. The fourth-order valence-corrected chi connectivity index (χ4v) is 2.83. The van der Waals surface area contributed by atoms with Crippen molar-refractivity contribution in [1.29, 1.82) is 0 Å². The first-order chi connectivity index (χ1) is 9.36. The number of rotatable bonds is 2. The van der Waals surface area contributed by atoms with Crippen molar-refractivity contribution in [3.8, 4) is 0 Å². The highest BCUT2D eigenvalue weighted by Crippen LogP contribution is 2.30. The number of fused-ring (bicyclic) bond motifs is 1. The highest BCUT2D eigenvalue weighted by molar-refractivity contribution is 5.56. The lowest BCUT2D eigenvalue weighted by atomic mass is 9.93. The molecule has 3 nitrogen and oxygen atoms in total. The van der Waals surface area contributed by atoms with E-state index in [1.54, 1.807) is 6.20 Å². The third kappa shape index (κ3) is 2.56. The van der Waals surface area contributed by atoms with Gasteiger partial charge < -0.3 is 5.11 Å². The van der Waals surface area contributed by atoms with Gasteiger partial charge in [-0.1, -0.05) is 25.0 Å². The molecule has 1 aliphatic rings. The summed E-state index contributed by atoms with van der Waals surface area (Å²) in [4.78, 5) is 0. The van der Waals surface area contributed by atoms with E-state index in [9.17, 15) is 5.11 Å². The third-order valence-electron chi connectivity index (χ3n) is 3.93. The van der Waals surface area contributed by atoms with Crippen molar-refractivity contribution in [3.63, 3.8) is 0 Å². The van der Waals surface area contributed by atoms with Crippen LogP contribution in [-0.2, 0) is 0 Å². The van der Waals surface area contributed by atoms with Crippen molar-refractivity contribution < 1.29 is 5.11 Å². The number of nitrogens with zero attached hydrogens (tertiary/aromatic N) is 2. The van der Waals surface area contributed by atoms with E-state index >= 15 is 0 Å². The summed E-state index contributed by atoms with van der Waals surface area (Å²) < 4.78 is 1.82. The highest BCUT2D eigenvalue weighted by Gasteiger charge is 2.18. The van der Waals surface area contributed by atoms with Gasteiger partial charge in [-0.25, -0.2) is 4.52 Å². The molecule has 0 fully saturated rings. The SMILES string of the molecule is OC(/C1=C/CCCCCC1)c1cnn2ccccc12.